The summed E-state index contributed by atoms with van der Waals surface area (Å²) < 4.78 is 17.2. The minimum absolute atomic E-state index is 0.176. The zero-order valence-electron chi connectivity index (χ0n) is 17.6. The summed E-state index contributed by atoms with van der Waals surface area (Å²) in [6.07, 6.45) is 0.170. The largest absolute Gasteiger partial charge is 0.496 e. The van der Waals surface area contributed by atoms with Crippen LogP contribution in [0.2, 0.25) is 0 Å². The summed E-state index contributed by atoms with van der Waals surface area (Å²) >= 11 is 0. The molecule has 154 valence electrons. The lowest BCUT2D eigenvalue weighted by atomic mass is 9.72. The molecule has 2 aromatic rings. The summed E-state index contributed by atoms with van der Waals surface area (Å²) in [7, 11) is 1.67. The number of amides is 1. The van der Waals surface area contributed by atoms with Gasteiger partial charge in [-0.15, -0.1) is 0 Å². The highest BCUT2D eigenvalue weighted by molar-refractivity contribution is 5.85. The summed E-state index contributed by atoms with van der Waals surface area (Å²) in [5, 5.41) is 6.36. The van der Waals surface area contributed by atoms with Crippen molar-refractivity contribution in [3.63, 3.8) is 0 Å². The third kappa shape index (κ3) is 3.42. The van der Waals surface area contributed by atoms with E-state index in [1.54, 1.807) is 7.11 Å². The third-order valence-corrected chi connectivity index (χ3v) is 5.50. The van der Waals surface area contributed by atoms with Crippen molar-refractivity contribution in [2.24, 2.45) is 0 Å². The molecular formula is C23H28N2O4. The molecule has 2 atom stereocenters. The molecule has 0 aromatic heterocycles. The van der Waals surface area contributed by atoms with E-state index in [-0.39, 0.29) is 11.6 Å². The molecule has 0 radical (unpaired) electrons. The van der Waals surface area contributed by atoms with E-state index in [9.17, 15) is 4.79 Å². The van der Waals surface area contributed by atoms with E-state index in [1.165, 1.54) is 11.1 Å². The van der Waals surface area contributed by atoms with Gasteiger partial charge < -0.3 is 19.5 Å². The minimum atomic E-state index is -0.561. The number of fused-ring (bicyclic) bond motifs is 3. The van der Waals surface area contributed by atoms with E-state index in [0.717, 1.165) is 23.4 Å². The second kappa shape index (κ2) is 6.95. The van der Waals surface area contributed by atoms with Crippen LogP contribution in [-0.4, -0.2) is 31.6 Å². The number of ether oxygens (including phenoxy) is 3. The molecule has 2 aliphatic heterocycles. The quantitative estimate of drug-likeness (QED) is 0.779. The molecule has 29 heavy (non-hydrogen) atoms. The lowest BCUT2D eigenvalue weighted by Crippen LogP contribution is -2.36. The number of hydrogen-bond donors (Lipinski definition) is 2. The summed E-state index contributed by atoms with van der Waals surface area (Å²) in [5.41, 5.74) is 4.19. The zero-order valence-corrected chi connectivity index (χ0v) is 17.6. The highest BCUT2D eigenvalue weighted by atomic mass is 16.6. The van der Waals surface area contributed by atoms with Gasteiger partial charge in [-0.1, -0.05) is 17.7 Å². The van der Waals surface area contributed by atoms with Crippen LogP contribution in [-0.2, 0) is 14.9 Å². The first kappa shape index (κ1) is 19.6. The third-order valence-electron chi connectivity index (χ3n) is 5.50. The van der Waals surface area contributed by atoms with Crippen LogP contribution in [0, 0.1) is 6.92 Å². The van der Waals surface area contributed by atoms with Gasteiger partial charge in [-0.05, 0) is 63.9 Å². The predicted octanol–water partition coefficient (Wildman–Crippen LogP) is 4.81. The van der Waals surface area contributed by atoms with Crippen molar-refractivity contribution in [3.8, 4) is 5.75 Å². The average Bonchev–Trinajstić information content (AvgIpc) is 3.17. The SMILES string of the molecule is COc1ccc(NC(=O)OC(C)(C)C)cc1[C@]12CCO[C@H]1Nc1ccc(C)cc12. The van der Waals surface area contributed by atoms with Gasteiger partial charge in [0.25, 0.3) is 0 Å². The van der Waals surface area contributed by atoms with Crippen molar-refractivity contribution in [1.82, 2.24) is 0 Å². The molecule has 1 fully saturated rings. The van der Waals surface area contributed by atoms with Gasteiger partial charge in [0.1, 0.15) is 17.6 Å². The van der Waals surface area contributed by atoms with E-state index < -0.39 is 11.7 Å². The van der Waals surface area contributed by atoms with Crippen LogP contribution in [0.3, 0.4) is 0 Å². The Morgan fingerprint density at radius 1 is 1.21 bits per heavy atom. The smallest absolute Gasteiger partial charge is 0.412 e. The number of hydrogen-bond acceptors (Lipinski definition) is 5. The monoisotopic (exact) mass is 396 g/mol. The Morgan fingerprint density at radius 3 is 2.72 bits per heavy atom. The Bertz CT molecular complexity index is 950. The van der Waals surface area contributed by atoms with Crippen LogP contribution in [0.1, 0.15) is 43.9 Å². The fourth-order valence-corrected chi connectivity index (χ4v) is 4.32. The zero-order chi connectivity index (χ0) is 20.8. The molecule has 6 heteroatoms. The van der Waals surface area contributed by atoms with Gasteiger partial charge >= 0.3 is 6.09 Å². The van der Waals surface area contributed by atoms with Gasteiger partial charge in [0.2, 0.25) is 0 Å². The Balaban J connectivity index is 1.78. The molecular weight excluding hydrogens is 368 g/mol. The molecule has 2 aliphatic rings. The normalized spacial score (nSPS) is 22.4. The minimum Gasteiger partial charge on any atom is -0.496 e. The summed E-state index contributed by atoms with van der Waals surface area (Å²) in [6, 6.07) is 12.1. The number of methoxy groups -OCH3 is 1. The fraction of sp³-hybridized carbons (Fsp3) is 0.435. The van der Waals surface area contributed by atoms with E-state index in [4.69, 9.17) is 14.2 Å². The number of aryl methyl sites for hydroxylation is 1. The first-order valence-electron chi connectivity index (χ1n) is 9.91. The van der Waals surface area contributed by atoms with E-state index in [2.05, 4.69) is 35.8 Å². The summed E-state index contributed by atoms with van der Waals surface area (Å²) in [4.78, 5) is 12.3. The highest BCUT2D eigenvalue weighted by Gasteiger charge is 2.54. The number of benzene rings is 2. The topological polar surface area (TPSA) is 68.8 Å². The molecule has 0 bridgehead atoms. The maximum Gasteiger partial charge on any atom is 0.412 e. The van der Waals surface area contributed by atoms with Crippen molar-refractivity contribution in [2.45, 2.75) is 51.4 Å². The Kier molecular flexibility index (Phi) is 4.69. The van der Waals surface area contributed by atoms with Gasteiger partial charge in [-0.3, -0.25) is 5.32 Å². The standard InChI is InChI=1S/C23H28N2O4/c1-14-6-8-18-16(12-14)23(10-11-28-20(23)25-18)17-13-15(7-9-19(17)27-5)24-21(26)29-22(2,3)4/h6-9,12-13,20,25H,10-11H2,1-5H3,(H,24,26)/t20-,23-/m1/s1. The fourth-order valence-electron chi connectivity index (χ4n) is 4.32. The van der Waals surface area contributed by atoms with Crippen LogP contribution in [0.4, 0.5) is 16.2 Å². The van der Waals surface area contributed by atoms with Crippen LogP contribution in [0.25, 0.3) is 0 Å². The van der Waals surface area contributed by atoms with E-state index >= 15 is 0 Å². The van der Waals surface area contributed by atoms with Crippen molar-refractivity contribution in [1.29, 1.82) is 0 Å². The second-order valence-electron chi connectivity index (χ2n) is 8.71. The van der Waals surface area contributed by atoms with Crippen LogP contribution in [0.5, 0.6) is 5.75 Å². The molecule has 2 N–H and O–H groups in total. The van der Waals surface area contributed by atoms with Gasteiger partial charge in [0, 0.05) is 16.9 Å². The average molecular weight is 396 g/mol. The molecule has 6 nitrogen and oxygen atoms in total. The summed E-state index contributed by atoms with van der Waals surface area (Å²) in [6.45, 7) is 8.27. The maximum absolute atomic E-state index is 12.3. The molecule has 0 spiro atoms. The Hall–Kier alpha value is -2.73. The first-order valence-corrected chi connectivity index (χ1v) is 9.91. The predicted molar refractivity (Wildman–Crippen MR) is 113 cm³/mol. The van der Waals surface area contributed by atoms with Gasteiger partial charge in [-0.25, -0.2) is 4.79 Å². The lowest BCUT2D eigenvalue weighted by Gasteiger charge is -2.31. The van der Waals surface area contributed by atoms with Gasteiger partial charge in [0.15, 0.2) is 0 Å². The van der Waals surface area contributed by atoms with Crippen molar-refractivity contribution >= 4 is 17.5 Å². The summed E-state index contributed by atoms with van der Waals surface area (Å²) in [5.74, 6) is 0.770. The molecule has 0 aliphatic carbocycles. The number of carbonyl (C=O) groups excluding carboxylic acids is 1. The maximum atomic E-state index is 12.3. The van der Waals surface area contributed by atoms with Crippen molar-refractivity contribution in [2.75, 3.05) is 24.4 Å². The number of carbonyl (C=O) groups is 1. The lowest BCUT2D eigenvalue weighted by molar-refractivity contribution is 0.0636. The van der Waals surface area contributed by atoms with E-state index in [1.807, 2.05) is 39.0 Å². The molecule has 4 rings (SSSR count). The molecule has 0 saturated carbocycles. The first-order chi connectivity index (χ1) is 13.7. The Morgan fingerprint density at radius 2 is 2.00 bits per heavy atom. The number of nitrogens with one attached hydrogen (secondary N) is 2. The van der Waals surface area contributed by atoms with Gasteiger partial charge in [0.05, 0.1) is 19.1 Å². The molecule has 1 saturated heterocycles. The van der Waals surface area contributed by atoms with Crippen LogP contribution >= 0.6 is 0 Å². The molecule has 2 heterocycles. The van der Waals surface area contributed by atoms with Crippen LogP contribution < -0.4 is 15.4 Å². The Labute approximate surface area is 171 Å². The molecule has 1 amide bonds. The van der Waals surface area contributed by atoms with Gasteiger partial charge in [-0.2, -0.15) is 0 Å². The number of rotatable bonds is 3. The highest BCUT2D eigenvalue weighted by Crippen LogP contribution is 2.54. The van der Waals surface area contributed by atoms with E-state index in [0.29, 0.717) is 12.3 Å². The molecule has 2 aromatic carbocycles. The number of anilines is 2. The second-order valence-corrected chi connectivity index (χ2v) is 8.71. The van der Waals surface area contributed by atoms with Crippen molar-refractivity contribution in [3.05, 3.63) is 53.1 Å². The van der Waals surface area contributed by atoms with Crippen molar-refractivity contribution < 1.29 is 19.0 Å². The molecule has 0 unspecified atom stereocenters. The van der Waals surface area contributed by atoms with Crippen LogP contribution in [0.15, 0.2) is 36.4 Å².